The Morgan fingerprint density at radius 1 is 1.18 bits per heavy atom. The fraction of sp³-hybridized carbons (Fsp3) is 0.600. The summed E-state index contributed by atoms with van der Waals surface area (Å²) in [7, 11) is 0. The van der Waals surface area contributed by atoms with Crippen LogP contribution in [0.2, 0.25) is 0 Å². The molecule has 7 nitrogen and oxygen atoms in total. The average Bonchev–Trinajstić information content (AvgIpc) is 2.69. The molecule has 0 aromatic rings. The number of carbonyl (C=O) groups excluding carboxylic acids is 4. The Kier molecular flexibility index (Phi) is 4.08. The molecule has 120 valence electrons. The third kappa shape index (κ3) is 1.95. The topological polar surface area (TPSA) is 98.8 Å². The van der Waals surface area contributed by atoms with Crippen LogP contribution in [0.1, 0.15) is 33.6 Å². The molecule has 0 spiro atoms. The molecule has 1 N–H and O–H groups in total. The van der Waals surface area contributed by atoms with Crippen LogP contribution in [0.3, 0.4) is 0 Å². The lowest BCUT2D eigenvalue weighted by Gasteiger charge is -2.41. The average molecular weight is 309 g/mol. The minimum Gasteiger partial charge on any atom is -0.465 e. The summed E-state index contributed by atoms with van der Waals surface area (Å²) in [5.41, 5.74) is -2.81. The van der Waals surface area contributed by atoms with E-state index in [1.807, 2.05) is 0 Å². The molecular weight excluding hydrogens is 290 g/mol. The summed E-state index contributed by atoms with van der Waals surface area (Å²) in [6, 6.07) is 0. The zero-order valence-electron chi connectivity index (χ0n) is 12.9. The molecule has 1 aliphatic carbocycles. The molecule has 2 aliphatic rings. The smallest absolute Gasteiger partial charge is 0.333 e. The summed E-state index contributed by atoms with van der Waals surface area (Å²) in [5, 5.41) is 2.41. The van der Waals surface area contributed by atoms with Crippen LogP contribution < -0.4 is 5.32 Å². The number of rotatable bonds is 4. The number of hydrogen-bond donors (Lipinski definition) is 1. The number of amides is 1. The number of ketones is 1. The van der Waals surface area contributed by atoms with Crippen LogP contribution in [0, 0.1) is 5.41 Å². The Morgan fingerprint density at radius 2 is 1.77 bits per heavy atom. The number of allylic oxidation sites excluding steroid dienone is 1. The second kappa shape index (κ2) is 5.55. The van der Waals surface area contributed by atoms with Gasteiger partial charge in [-0.1, -0.05) is 11.6 Å². The van der Waals surface area contributed by atoms with E-state index < -0.39 is 34.6 Å². The second-order valence-electron chi connectivity index (χ2n) is 5.47. The van der Waals surface area contributed by atoms with Gasteiger partial charge in [-0.15, -0.1) is 0 Å². The van der Waals surface area contributed by atoms with Crippen molar-refractivity contribution in [2.45, 2.75) is 39.2 Å². The van der Waals surface area contributed by atoms with Gasteiger partial charge in [0.25, 0.3) is 5.91 Å². The molecule has 0 aromatic carbocycles. The molecule has 2 rings (SSSR count). The van der Waals surface area contributed by atoms with Gasteiger partial charge in [0, 0.05) is 6.42 Å². The number of Topliss-reactive ketones (excluding diaryl/α,β-unsaturated/α-hetero) is 1. The first-order chi connectivity index (χ1) is 10.4. The van der Waals surface area contributed by atoms with Crippen LogP contribution in [-0.2, 0) is 28.7 Å². The monoisotopic (exact) mass is 309 g/mol. The summed E-state index contributed by atoms with van der Waals surface area (Å²) < 4.78 is 10.0. The van der Waals surface area contributed by atoms with Crippen LogP contribution in [-0.4, -0.2) is 42.4 Å². The normalized spacial score (nSPS) is 30.2. The Labute approximate surface area is 128 Å². The third-order valence-electron chi connectivity index (χ3n) is 4.20. The standard InChI is InChI=1S/C15H19NO6/c1-4-21-12(19)14-7-6-9(3)8-15(14,13(20)22-5-2)16-11(18)10(14)17/h6H,4-5,7-8H2,1-3H3,(H,16,18)/t14-,15+/m1/s1. The predicted octanol–water partition coefficient (Wildman–Crippen LogP) is 0.277. The molecule has 1 heterocycles. The molecule has 2 atom stereocenters. The highest BCUT2D eigenvalue weighted by molar-refractivity contribution is 6.46. The van der Waals surface area contributed by atoms with Crippen molar-refractivity contribution in [3.63, 3.8) is 0 Å². The van der Waals surface area contributed by atoms with E-state index in [0.29, 0.717) is 0 Å². The number of fused-ring (bicyclic) bond motifs is 1. The van der Waals surface area contributed by atoms with Crippen molar-refractivity contribution in [3.8, 4) is 0 Å². The molecular formula is C15H19NO6. The van der Waals surface area contributed by atoms with E-state index in [2.05, 4.69) is 5.32 Å². The van der Waals surface area contributed by atoms with E-state index in [9.17, 15) is 19.2 Å². The Morgan fingerprint density at radius 3 is 2.36 bits per heavy atom. The number of esters is 2. The SMILES string of the molecule is CCOC(=O)[C@]12CC=C(C)C[C@@]1(C(=O)OCC)NC(=O)C2=O. The van der Waals surface area contributed by atoms with Crippen molar-refractivity contribution >= 4 is 23.6 Å². The van der Waals surface area contributed by atoms with Gasteiger partial charge >= 0.3 is 11.9 Å². The van der Waals surface area contributed by atoms with Crippen LogP contribution in [0.25, 0.3) is 0 Å². The van der Waals surface area contributed by atoms with E-state index in [1.165, 1.54) is 0 Å². The van der Waals surface area contributed by atoms with Crippen molar-refractivity contribution < 1.29 is 28.7 Å². The summed E-state index contributed by atoms with van der Waals surface area (Å²) in [6.07, 6.45) is 1.67. The lowest BCUT2D eigenvalue weighted by molar-refractivity contribution is -0.173. The maximum atomic E-state index is 12.5. The molecule has 7 heteroatoms. The molecule has 0 bridgehead atoms. The maximum Gasteiger partial charge on any atom is 0.333 e. The summed E-state index contributed by atoms with van der Waals surface area (Å²) in [6.45, 7) is 5.10. The first-order valence-corrected chi connectivity index (χ1v) is 7.22. The van der Waals surface area contributed by atoms with E-state index in [4.69, 9.17) is 9.47 Å². The van der Waals surface area contributed by atoms with E-state index in [-0.39, 0.29) is 26.1 Å². The maximum absolute atomic E-state index is 12.5. The molecule has 1 aliphatic heterocycles. The fourth-order valence-corrected chi connectivity index (χ4v) is 3.18. The Bertz CT molecular complexity index is 581. The largest absolute Gasteiger partial charge is 0.465 e. The predicted molar refractivity (Wildman–Crippen MR) is 74.6 cm³/mol. The number of ether oxygens (including phenoxy) is 2. The first kappa shape index (κ1) is 16.2. The highest BCUT2D eigenvalue weighted by atomic mass is 16.5. The third-order valence-corrected chi connectivity index (χ3v) is 4.20. The zero-order chi connectivity index (χ0) is 16.5. The lowest BCUT2D eigenvalue weighted by Crippen LogP contribution is -2.64. The van der Waals surface area contributed by atoms with E-state index in [0.717, 1.165) is 5.57 Å². The van der Waals surface area contributed by atoms with Gasteiger partial charge in [-0.3, -0.25) is 14.4 Å². The van der Waals surface area contributed by atoms with Crippen molar-refractivity contribution in [1.82, 2.24) is 5.32 Å². The van der Waals surface area contributed by atoms with Gasteiger partial charge in [-0.05, 0) is 27.2 Å². The van der Waals surface area contributed by atoms with Crippen molar-refractivity contribution in [2.75, 3.05) is 13.2 Å². The zero-order valence-corrected chi connectivity index (χ0v) is 12.9. The molecule has 0 unspecified atom stereocenters. The molecule has 22 heavy (non-hydrogen) atoms. The first-order valence-electron chi connectivity index (χ1n) is 7.22. The molecule has 1 fully saturated rings. The van der Waals surface area contributed by atoms with Gasteiger partial charge in [0.2, 0.25) is 5.78 Å². The van der Waals surface area contributed by atoms with Crippen LogP contribution in [0.15, 0.2) is 11.6 Å². The van der Waals surface area contributed by atoms with Gasteiger partial charge in [0.05, 0.1) is 13.2 Å². The highest BCUT2D eigenvalue weighted by Crippen LogP contribution is 2.49. The molecule has 1 amide bonds. The minimum absolute atomic E-state index is 0.0438. The van der Waals surface area contributed by atoms with E-state index >= 15 is 0 Å². The number of carbonyl (C=O) groups is 4. The highest BCUT2D eigenvalue weighted by Gasteiger charge is 2.74. The van der Waals surface area contributed by atoms with Gasteiger partial charge in [-0.25, -0.2) is 4.79 Å². The van der Waals surface area contributed by atoms with Crippen LogP contribution in [0.5, 0.6) is 0 Å². The van der Waals surface area contributed by atoms with Gasteiger partial charge in [0.15, 0.2) is 11.0 Å². The van der Waals surface area contributed by atoms with Gasteiger partial charge in [-0.2, -0.15) is 0 Å². The summed E-state index contributed by atoms with van der Waals surface area (Å²) in [5.74, 6) is -3.54. The van der Waals surface area contributed by atoms with Crippen molar-refractivity contribution in [2.24, 2.45) is 5.41 Å². The molecule has 0 saturated carbocycles. The van der Waals surface area contributed by atoms with Crippen molar-refractivity contribution in [1.29, 1.82) is 0 Å². The second-order valence-corrected chi connectivity index (χ2v) is 5.47. The molecule has 0 aromatic heterocycles. The summed E-state index contributed by atoms with van der Waals surface area (Å²) >= 11 is 0. The van der Waals surface area contributed by atoms with Crippen LogP contribution in [0.4, 0.5) is 0 Å². The molecule has 1 saturated heterocycles. The Hall–Kier alpha value is -2.18. The quantitative estimate of drug-likeness (QED) is 0.346. The minimum atomic E-state index is -1.88. The van der Waals surface area contributed by atoms with Crippen molar-refractivity contribution in [3.05, 3.63) is 11.6 Å². The Balaban J connectivity index is 2.64. The van der Waals surface area contributed by atoms with E-state index in [1.54, 1.807) is 26.8 Å². The lowest BCUT2D eigenvalue weighted by atomic mass is 9.61. The number of hydrogen-bond acceptors (Lipinski definition) is 6. The van der Waals surface area contributed by atoms with Gasteiger partial charge < -0.3 is 14.8 Å². The molecule has 0 radical (unpaired) electrons. The fourth-order valence-electron chi connectivity index (χ4n) is 3.18. The van der Waals surface area contributed by atoms with Crippen LogP contribution >= 0.6 is 0 Å². The summed E-state index contributed by atoms with van der Waals surface area (Å²) in [4.78, 5) is 49.5. The van der Waals surface area contributed by atoms with Gasteiger partial charge in [0.1, 0.15) is 0 Å². The number of nitrogens with one attached hydrogen (secondary N) is 1.